The Bertz CT molecular complexity index is 791. The molecule has 0 aliphatic carbocycles. The van der Waals surface area contributed by atoms with Crippen LogP contribution < -0.4 is 10.1 Å². The summed E-state index contributed by atoms with van der Waals surface area (Å²) in [6.45, 7) is 2.73. The molecule has 4 nitrogen and oxygen atoms in total. The third-order valence-electron chi connectivity index (χ3n) is 2.73. The number of hydrogen-bond acceptors (Lipinski definition) is 5. The van der Waals surface area contributed by atoms with Crippen molar-refractivity contribution in [3.05, 3.63) is 39.7 Å². The zero-order chi connectivity index (χ0) is 14.8. The summed E-state index contributed by atoms with van der Waals surface area (Å²) in [6.07, 6.45) is 0. The van der Waals surface area contributed by atoms with Crippen LogP contribution in [0.1, 0.15) is 6.92 Å². The number of benzene rings is 1. The quantitative estimate of drug-likeness (QED) is 0.707. The number of rotatable bonds is 4. The van der Waals surface area contributed by atoms with Gasteiger partial charge in [0, 0.05) is 12.6 Å². The third-order valence-corrected chi connectivity index (χ3v) is 4.28. The molecule has 1 aromatic carbocycles. The Balaban J connectivity index is 2.01. The van der Waals surface area contributed by atoms with E-state index in [4.69, 9.17) is 27.9 Å². The van der Waals surface area contributed by atoms with E-state index >= 15 is 0 Å². The van der Waals surface area contributed by atoms with E-state index in [1.54, 1.807) is 18.2 Å². The Morgan fingerprint density at radius 3 is 2.81 bits per heavy atom. The molecule has 0 atom stereocenters. The first-order chi connectivity index (χ1) is 10.2. The Hall–Kier alpha value is -1.56. The first kappa shape index (κ1) is 14.4. The van der Waals surface area contributed by atoms with E-state index in [1.165, 1.54) is 11.3 Å². The van der Waals surface area contributed by atoms with Crippen LogP contribution in [-0.2, 0) is 0 Å². The molecule has 0 bridgehead atoms. The number of halogens is 2. The van der Waals surface area contributed by atoms with Crippen LogP contribution in [0, 0.1) is 0 Å². The summed E-state index contributed by atoms with van der Waals surface area (Å²) >= 11 is 13.4. The average molecular weight is 340 g/mol. The zero-order valence-corrected chi connectivity index (χ0v) is 13.4. The first-order valence-corrected chi connectivity index (χ1v) is 7.93. The predicted molar refractivity (Wildman–Crippen MR) is 88.1 cm³/mol. The summed E-state index contributed by atoms with van der Waals surface area (Å²) in [5.41, 5.74) is 0. The lowest BCUT2D eigenvalue weighted by molar-refractivity contribution is 0.469. The van der Waals surface area contributed by atoms with Crippen molar-refractivity contribution in [2.45, 2.75) is 6.92 Å². The molecule has 2 heterocycles. The standard InChI is InChI=1S/C14H11Cl2N3OS/c1-2-17-14-18-12(9-5-6-21-13(9)19-14)20-8-3-4-10(15)11(16)7-8/h3-7H,2H2,1H3,(H,17,18,19). The van der Waals surface area contributed by atoms with Gasteiger partial charge in [0.15, 0.2) is 0 Å². The molecule has 1 N–H and O–H groups in total. The third kappa shape index (κ3) is 3.05. The molecular weight excluding hydrogens is 329 g/mol. The summed E-state index contributed by atoms with van der Waals surface area (Å²) in [5, 5.41) is 6.84. The summed E-state index contributed by atoms with van der Waals surface area (Å²) < 4.78 is 5.85. The lowest BCUT2D eigenvalue weighted by Gasteiger charge is -2.09. The van der Waals surface area contributed by atoms with Crippen molar-refractivity contribution < 1.29 is 4.74 Å². The van der Waals surface area contributed by atoms with Crippen LogP contribution in [0.25, 0.3) is 10.2 Å². The second kappa shape index (κ2) is 6.05. The van der Waals surface area contributed by atoms with Gasteiger partial charge in [-0.15, -0.1) is 11.3 Å². The molecular formula is C14H11Cl2N3OS. The number of hydrogen-bond donors (Lipinski definition) is 1. The number of aromatic nitrogens is 2. The molecule has 0 saturated carbocycles. The van der Waals surface area contributed by atoms with Crippen LogP contribution in [0.2, 0.25) is 10.0 Å². The van der Waals surface area contributed by atoms with E-state index in [1.807, 2.05) is 18.4 Å². The minimum atomic E-state index is 0.441. The normalized spacial score (nSPS) is 10.8. The van der Waals surface area contributed by atoms with Gasteiger partial charge in [-0.1, -0.05) is 23.2 Å². The molecule has 0 saturated heterocycles. The number of fused-ring (bicyclic) bond motifs is 1. The SMILES string of the molecule is CCNc1nc(Oc2ccc(Cl)c(Cl)c2)c2ccsc2n1. The van der Waals surface area contributed by atoms with Gasteiger partial charge in [-0.05, 0) is 30.5 Å². The molecule has 0 unspecified atom stereocenters. The lowest BCUT2D eigenvalue weighted by Crippen LogP contribution is -2.02. The minimum Gasteiger partial charge on any atom is -0.438 e. The van der Waals surface area contributed by atoms with Gasteiger partial charge in [-0.2, -0.15) is 4.98 Å². The molecule has 0 fully saturated rings. The molecule has 3 rings (SSSR count). The Morgan fingerprint density at radius 2 is 2.05 bits per heavy atom. The van der Waals surface area contributed by atoms with Crippen LogP contribution in [-0.4, -0.2) is 16.5 Å². The fraction of sp³-hybridized carbons (Fsp3) is 0.143. The van der Waals surface area contributed by atoms with Crippen molar-refractivity contribution in [2.24, 2.45) is 0 Å². The van der Waals surface area contributed by atoms with Gasteiger partial charge in [0.1, 0.15) is 10.6 Å². The maximum atomic E-state index is 6.00. The van der Waals surface area contributed by atoms with E-state index in [0.29, 0.717) is 27.6 Å². The topological polar surface area (TPSA) is 47.0 Å². The van der Waals surface area contributed by atoms with Crippen molar-refractivity contribution in [1.82, 2.24) is 9.97 Å². The van der Waals surface area contributed by atoms with Gasteiger partial charge in [0.2, 0.25) is 11.8 Å². The molecule has 3 aromatic rings. The highest BCUT2D eigenvalue weighted by atomic mass is 35.5. The Kier molecular flexibility index (Phi) is 4.14. The highest BCUT2D eigenvalue weighted by molar-refractivity contribution is 7.16. The Labute approximate surface area is 135 Å². The summed E-state index contributed by atoms with van der Waals surface area (Å²) in [6, 6.07) is 7.04. The van der Waals surface area contributed by atoms with Crippen LogP contribution in [0.5, 0.6) is 11.6 Å². The molecule has 7 heteroatoms. The van der Waals surface area contributed by atoms with Crippen LogP contribution in [0.3, 0.4) is 0 Å². The molecule has 0 aliphatic rings. The number of thiophene rings is 1. The van der Waals surface area contributed by atoms with E-state index in [-0.39, 0.29) is 0 Å². The van der Waals surface area contributed by atoms with Crippen molar-refractivity contribution in [3.63, 3.8) is 0 Å². The van der Waals surface area contributed by atoms with Crippen LogP contribution in [0.15, 0.2) is 29.6 Å². The monoisotopic (exact) mass is 339 g/mol. The smallest absolute Gasteiger partial charge is 0.232 e. The second-order valence-electron chi connectivity index (χ2n) is 4.20. The molecule has 0 radical (unpaired) electrons. The molecule has 21 heavy (non-hydrogen) atoms. The van der Waals surface area contributed by atoms with Crippen LogP contribution >= 0.6 is 34.5 Å². The highest BCUT2D eigenvalue weighted by Gasteiger charge is 2.11. The summed E-state index contributed by atoms with van der Waals surface area (Å²) in [5.74, 6) is 1.62. The average Bonchev–Trinajstić information content (AvgIpc) is 2.92. The second-order valence-corrected chi connectivity index (χ2v) is 5.91. The van der Waals surface area contributed by atoms with E-state index < -0.39 is 0 Å². The van der Waals surface area contributed by atoms with Crippen LogP contribution in [0.4, 0.5) is 5.95 Å². The molecule has 108 valence electrons. The summed E-state index contributed by atoms with van der Waals surface area (Å²) in [4.78, 5) is 9.70. The maximum Gasteiger partial charge on any atom is 0.232 e. The molecule has 0 aliphatic heterocycles. The van der Waals surface area contributed by atoms with Gasteiger partial charge < -0.3 is 10.1 Å². The summed E-state index contributed by atoms with van der Waals surface area (Å²) in [7, 11) is 0. The lowest BCUT2D eigenvalue weighted by atomic mass is 10.3. The minimum absolute atomic E-state index is 0.441. The number of nitrogens with zero attached hydrogens (tertiary/aromatic N) is 2. The fourth-order valence-electron chi connectivity index (χ4n) is 1.80. The van der Waals surface area contributed by atoms with E-state index in [0.717, 1.165) is 16.8 Å². The van der Waals surface area contributed by atoms with Gasteiger partial charge in [0.25, 0.3) is 0 Å². The predicted octanol–water partition coefficient (Wildman–Crippen LogP) is 5.22. The largest absolute Gasteiger partial charge is 0.438 e. The van der Waals surface area contributed by atoms with Gasteiger partial charge in [-0.3, -0.25) is 0 Å². The number of nitrogens with one attached hydrogen (secondary N) is 1. The zero-order valence-electron chi connectivity index (χ0n) is 11.1. The van der Waals surface area contributed by atoms with Crippen molar-refractivity contribution in [3.8, 4) is 11.6 Å². The maximum absolute atomic E-state index is 6.00. The molecule has 0 amide bonds. The fourth-order valence-corrected chi connectivity index (χ4v) is 2.84. The Morgan fingerprint density at radius 1 is 1.19 bits per heavy atom. The number of anilines is 1. The first-order valence-electron chi connectivity index (χ1n) is 6.29. The highest BCUT2D eigenvalue weighted by Crippen LogP contribution is 2.33. The molecule has 0 spiro atoms. The number of ether oxygens (including phenoxy) is 1. The van der Waals surface area contributed by atoms with Crippen molar-refractivity contribution in [2.75, 3.05) is 11.9 Å². The van der Waals surface area contributed by atoms with Gasteiger partial charge >= 0.3 is 0 Å². The van der Waals surface area contributed by atoms with Gasteiger partial charge in [-0.25, -0.2) is 4.98 Å². The molecule has 2 aromatic heterocycles. The van der Waals surface area contributed by atoms with E-state index in [9.17, 15) is 0 Å². The van der Waals surface area contributed by atoms with E-state index in [2.05, 4.69) is 15.3 Å². The van der Waals surface area contributed by atoms with Crippen molar-refractivity contribution >= 4 is 50.7 Å². The van der Waals surface area contributed by atoms with Crippen molar-refractivity contribution in [1.29, 1.82) is 0 Å². The van der Waals surface area contributed by atoms with Gasteiger partial charge in [0.05, 0.1) is 15.4 Å².